The molecule has 2 rings (SSSR count). The fraction of sp³-hybridized carbons (Fsp3) is 0.500. The van der Waals surface area contributed by atoms with E-state index in [0.29, 0.717) is 23.8 Å². The lowest BCUT2D eigenvalue weighted by Crippen LogP contribution is -2.30. The van der Waals surface area contributed by atoms with Gasteiger partial charge in [-0.1, -0.05) is 6.92 Å². The topological polar surface area (TPSA) is 66.0 Å². The number of hydrogen-bond acceptors (Lipinski definition) is 6. The van der Waals surface area contributed by atoms with Crippen molar-refractivity contribution in [3.8, 4) is 17.2 Å². The highest BCUT2D eigenvalue weighted by Crippen LogP contribution is 2.43. The predicted molar refractivity (Wildman–Crippen MR) is 72.2 cm³/mol. The van der Waals surface area contributed by atoms with Crippen molar-refractivity contribution in [3.05, 3.63) is 17.7 Å². The molecule has 0 saturated carbocycles. The second kappa shape index (κ2) is 6.47. The molecule has 0 spiro atoms. The molecule has 0 fully saturated rings. The molecule has 20 heavy (non-hydrogen) atoms. The van der Waals surface area contributed by atoms with Crippen molar-refractivity contribution in [3.63, 3.8) is 0 Å². The van der Waals surface area contributed by atoms with Crippen LogP contribution >= 0.6 is 0 Å². The van der Waals surface area contributed by atoms with Gasteiger partial charge in [0.05, 0.1) is 14.2 Å². The van der Waals surface area contributed by atoms with Crippen molar-refractivity contribution in [2.45, 2.75) is 19.4 Å². The van der Waals surface area contributed by atoms with E-state index in [1.54, 1.807) is 19.2 Å². The molecular weight excluding hydrogens is 262 g/mol. The molecule has 1 N–H and O–H groups in total. The SMILES string of the molecule is CCCNC(C(=O)OC)c1cc(OC)c2c(c1)OCO2. The molecule has 0 radical (unpaired) electrons. The lowest BCUT2D eigenvalue weighted by atomic mass is 10.1. The van der Waals surface area contributed by atoms with E-state index in [0.717, 1.165) is 12.0 Å². The molecule has 6 heteroatoms. The largest absolute Gasteiger partial charge is 0.493 e. The van der Waals surface area contributed by atoms with E-state index in [2.05, 4.69) is 5.32 Å². The smallest absolute Gasteiger partial charge is 0.327 e. The number of carbonyl (C=O) groups excluding carboxylic acids is 1. The van der Waals surface area contributed by atoms with Gasteiger partial charge in [-0.2, -0.15) is 0 Å². The van der Waals surface area contributed by atoms with Crippen molar-refractivity contribution in [1.82, 2.24) is 5.32 Å². The van der Waals surface area contributed by atoms with Crippen LogP contribution in [0.15, 0.2) is 12.1 Å². The maximum Gasteiger partial charge on any atom is 0.327 e. The molecular formula is C14H19NO5. The van der Waals surface area contributed by atoms with Gasteiger partial charge in [-0.15, -0.1) is 0 Å². The maximum atomic E-state index is 11.9. The molecule has 0 aliphatic carbocycles. The van der Waals surface area contributed by atoms with Gasteiger partial charge in [0.15, 0.2) is 11.5 Å². The molecule has 1 aromatic rings. The zero-order chi connectivity index (χ0) is 14.5. The van der Waals surface area contributed by atoms with Crippen LogP contribution in [0.3, 0.4) is 0 Å². The number of nitrogens with one attached hydrogen (secondary N) is 1. The van der Waals surface area contributed by atoms with Crippen LogP contribution < -0.4 is 19.5 Å². The zero-order valence-corrected chi connectivity index (χ0v) is 11.9. The Morgan fingerprint density at radius 2 is 2.20 bits per heavy atom. The Morgan fingerprint density at radius 3 is 2.85 bits per heavy atom. The summed E-state index contributed by atoms with van der Waals surface area (Å²) in [6, 6.07) is 2.98. The van der Waals surface area contributed by atoms with Crippen LogP contribution in [0.5, 0.6) is 17.2 Å². The zero-order valence-electron chi connectivity index (χ0n) is 11.9. The van der Waals surface area contributed by atoms with Crippen molar-refractivity contribution < 1.29 is 23.7 Å². The van der Waals surface area contributed by atoms with Gasteiger partial charge in [0, 0.05) is 0 Å². The minimum Gasteiger partial charge on any atom is -0.493 e. The standard InChI is InChI=1S/C14H19NO5/c1-4-5-15-12(14(16)18-3)9-6-10(17-2)13-11(7-9)19-8-20-13/h6-7,12,15H,4-5,8H2,1-3H3. The van der Waals surface area contributed by atoms with Crippen LogP contribution in [-0.2, 0) is 9.53 Å². The Balaban J connectivity index is 2.35. The third kappa shape index (κ3) is 2.80. The first-order chi connectivity index (χ1) is 9.71. The first-order valence-electron chi connectivity index (χ1n) is 6.50. The third-order valence-electron chi connectivity index (χ3n) is 3.05. The molecule has 1 heterocycles. The average molecular weight is 281 g/mol. The fourth-order valence-corrected chi connectivity index (χ4v) is 2.06. The molecule has 110 valence electrons. The Morgan fingerprint density at radius 1 is 1.40 bits per heavy atom. The van der Waals surface area contributed by atoms with E-state index in [-0.39, 0.29) is 12.8 Å². The molecule has 0 bridgehead atoms. The molecule has 0 amide bonds. The van der Waals surface area contributed by atoms with Crippen LogP contribution in [0.4, 0.5) is 0 Å². The summed E-state index contributed by atoms with van der Waals surface area (Å²) in [6.45, 7) is 2.89. The summed E-state index contributed by atoms with van der Waals surface area (Å²) in [5, 5.41) is 3.15. The lowest BCUT2D eigenvalue weighted by Gasteiger charge is -2.18. The summed E-state index contributed by atoms with van der Waals surface area (Å²) in [5.74, 6) is 1.34. The Kier molecular flexibility index (Phi) is 4.68. The number of fused-ring (bicyclic) bond motifs is 1. The van der Waals surface area contributed by atoms with Gasteiger partial charge < -0.3 is 24.3 Å². The van der Waals surface area contributed by atoms with E-state index in [1.807, 2.05) is 6.92 Å². The number of benzene rings is 1. The Bertz CT molecular complexity index is 489. The Hall–Kier alpha value is -1.95. The van der Waals surface area contributed by atoms with Crippen LogP contribution in [0, 0.1) is 0 Å². The molecule has 1 aromatic carbocycles. The van der Waals surface area contributed by atoms with Crippen molar-refractivity contribution >= 4 is 5.97 Å². The summed E-state index contributed by atoms with van der Waals surface area (Å²) in [5.41, 5.74) is 0.728. The number of methoxy groups -OCH3 is 2. The molecule has 6 nitrogen and oxygen atoms in total. The number of esters is 1. The van der Waals surface area contributed by atoms with Gasteiger partial charge in [0.25, 0.3) is 0 Å². The number of rotatable bonds is 6. The van der Waals surface area contributed by atoms with E-state index >= 15 is 0 Å². The summed E-state index contributed by atoms with van der Waals surface area (Å²) in [6.07, 6.45) is 0.912. The minimum absolute atomic E-state index is 0.153. The van der Waals surface area contributed by atoms with E-state index in [9.17, 15) is 4.79 Å². The Labute approximate surface area is 118 Å². The van der Waals surface area contributed by atoms with E-state index in [1.165, 1.54) is 7.11 Å². The first kappa shape index (κ1) is 14.5. The molecule has 1 aliphatic rings. The average Bonchev–Trinajstić information content (AvgIpc) is 2.94. The van der Waals surface area contributed by atoms with Gasteiger partial charge in [0.2, 0.25) is 12.5 Å². The molecule has 0 aromatic heterocycles. The van der Waals surface area contributed by atoms with Crippen LogP contribution in [0.25, 0.3) is 0 Å². The van der Waals surface area contributed by atoms with E-state index < -0.39 is 6.04 Å². The highest BCUT2D eigenvalue weighted by Gasteiger charge is 2.26. The lowest BCUT2D eigenvalue weighted by molar-refractivity contribution is -0.143. The van der Waals surface area contributed by atoms with Gasteiger partial charge in [-0.25, -0.2) is 4.79 Å². The molecule has 1 aliphatic heterocycles. The monoisotopic (exact) mass is 281 g/mol. The highest BCUT2D eigenvalue weighted by molar-refractivity contribution is 5.78. The van der Waals surface area contributed by atoms with Crippen LogP contribution in [0.1, 0.15) is 24.9 Å². The van der Waals surface area contributed by atoms with Gasteiger partial charge in [-0.05, 0) is 30.7 Å². The summed E-state index contributed by atoms with van der Waals surface area (Å²) < 4.78 is 20.8. The van der Waals surface area contributed by atoms with Gasteiger partial charge in [0.1, 0.15) is 6.04 Å². The molecule has 1 unspecified atom stereocenters. The van der Waals surface area contributed by atoms with Gasteiger partial charge in [-0.3, -0.25) is 0 Å². The molecule has 0 saturated heterocycles. The number of carbonyl (C=O) groups is 1. The molecule has 1 atom stereocenters. The van der Waals surface area contributed by atoms with Crippen molar-refractivity contribution in [2.75, 3.05) is 27.6 Å². The van der Waals surface area contributed by atoms with Crippen LogP contribution in [-0.4, -0.2) is 33.5 Å². The predicted octanol–water partition coefficient (Wildman–Crippen LogP) is 1.64. The van der Waals surface area contributed by atoms with Crippen molar-refractivity contribution in [2.24, 2.45) is 0 Å². The second-order valence-electron chi connectivity index (χ2n) is 4.37. The first-order valence-corrected chi connectivity index (χ1v) is 6.50. The van der Waals surface area contributed by atoms with E-state index in [4.69, 9.17) is 18.9 Å². The van der Waals surface area contributed by atoms with Gasteiger partial charge >= 0.3 is 5.97 Å². The highest BCUT2D eigenvalue weighted by atomic mass is 16.7. The number of ether oxygens (including phenoxy) is 4. The summed E-state index contributed by atoms with van der Waals surface area (Å²) in [7, 11) is 2.92. The van der Waals surface area contributed by atoms with Crippen molar-refractivity contribution in [1.29, 1.82) is 0 Å². The summed E-state index contributed by atoms with van der Waals surface area (Å²) in [4.78, 5) is 11.9. The van der Waals surface area contributed by atoms with Crippen LogP contribution in [0.2, 0.25) is 0 Å². The maximum absolute atomic E-state index is 11.9. The second-order valence-corrected chi connectivity index (χ2v) is 4.37. The quantitative estimate of drug-likeness (QED) is 0.800. The summed E-state index contributed by atoms with van der Waals surface area (Å²) >= 11 is 0. The third-order valence-corrected chi connectivity index (χ3v) is 3.05. The normalized spacial score (nSPS) is 13.9. The minimum atomic E-state index is -0.552. The fourth-order valence-electron chi connectivity index (χ4n) is 2.06. The number of hydrogen-bond donors (Lipinski definition) is 1.